The zero-order valence-electron chi connectivity index (χ0n) is 12.0. The Balaban J connectivity index is 1.88. The molecule has 3 rings (SSSR count). The normalized spacial score (nSPS) is 11.0. The summed E-state index contributed by atoms with van der Waals surface area (Å²) in [4.78, 5) is 10.6. The molecule has 116 valence electrons. The fraction of sp³-hybridized carbons (Fsp3) is 0.0714. The maximum Gasteiger partial charge on any atom is 0.311 e. The predicted molar refractivity (Wildman–Crippen MR) is 80.4 cm³/mol. The lowest BCUT2D eigenvalue weighted by atomic mass is 10.1. The summed E-state index contributed by atoms with van der Waals surface area (Å²) in [5.41, 5.74) is 0.447. The van der Waals surface area contributed by atoms with Gasteiger partial charge in [0.1, 0.15) is 24.2 Å². The highest BCUT2D eigenvalue weighted by Crippen LogP contribution is 2.32. The summed E-state index contributed by atoms with van der Waals surface area (Å²) in [6.07, 6.45) is 4.37. The van der Waals surface area contributed by atoms with Crippen LogP contribution in [0.2, 0.25) is 0 Å². The van der Waals surface area contributed by atoms with Crippen molar-refractivity contribution in [1.29, 1.82) is 0 Å². The number of methoxy groups -OCH3 is 1. The van der Waals surface area contributed by atoms with Crippen LogP contribution in [-0.2, 0) is 0 Å². The highest BCUT2D eigenvalue weighted by molar-refractivity contribution is 5.77. The van der Waals surface area contributed by atoms with E-state index in [2.05, 4.69) is 15.3 Å². The molecule has 0 fully saturated rings. The van der Waals surface area contributed by atoms with Crippen molar-refractivity contribution in [3.05, 3.63) is 58.9 Å². The molecule has 0 aliphatic carbocycles. The molecule has 0 bridgehead atoms. The topological polar surface area (TPSA) is 109 Å². The van der Waals surface area contributed by atoms with Crippen LogP contribution < -0.4 is 4.74 Å². The first kappa shape index (κ1) is 14.4. The van der Waals surface area contributed by atoms with Crippen molar-refractivity contribution in [3.8, 4) is 17.1 Å². The minimum absolute atomic E-state index is 0.124. The van der Waals surface area contributed by atoms with Gasteiger partial charge >= 0.3 is 5.69 Å². The van der Waals surface area contributed by atoms with Crippen molar-refractivity contribution in [3.63, 3.8) is 0 Å². The summed E-state index contributed by atoms with van der Waals surface area (Å²) < 4.78 is 12.0. The second-order valence-electron chi connectivity index (χ2n) is 4.43. The van der Waals surface area contributed by atoms with Crippen LogP contribution in [0.1, 0.15) is 5.76 Å². The molecule has 0 atom stereocenters. The molecule has 9 heteroatoms. The number of nitrogens with zero attached hydrogens (tertiary/aromatic N) is 5. The quantitative estimate of drug-likeness (QED) is 0.406. The summed E-state index contributed by atoms with van der Waals surface area (Å²) in [5, 5.41) is 22.4. The average Bonchev–Trinajstić information content (AvgIpc) is 3.23. The van der Waals surface area contributed by atoms with Crippen LogP contribution in [0.15, 0.2) is 52.5 Å². The average molecular weight is 313 g/mol. The molecule has 9 nitrogen and oxygen atoms in total. The highest BCUT2D eigenvalue weighted by atomic mass is 16.6. The van der Waals surface area contributed by atoms with Gasteiger partial charge in [0, 0.05) is 11.6 Å². The van der Waals surface area contributed by atoms with Crippen molar-refractivity contribution in [2.24, 2.45) is 5.10 Å². The maximum atomic E-state index is 11.1. The van der Waals surface area contributed by atoms with Gasteiger partial charge < -0.3 is 9.15 Å². The molecule has 2 aromatic heterocycles. The number of hydrogen-bond acceptors (Lipinski definition) is 7. The third-order valence-corrected chi connectivity index (χ3v) is 3.01. The fourth-order valence-corrected chi connectivity index (χ4v) is 1.94. The van der Waals surface area contributed by atoms with Crippen molar-refractivity contribution < 1.29 is 14.1 Å². The molecule has 2 heterocycles. The summed E-state index contributed by atoms with van der Waals surface area (Å²) >= 11 is 0. The van der Waals surface area contributed by atoms with Crippen LogP contribution in [0.5, 0.6) is 5.75 Å². The first-order chi connectivity index (χ1) is 11.2. The second-order valence-corrected chi connectivity index (χ2v) is 4.43. The smallest absolute Gasteiger partial charge is 0.311 e. The van der Waals surface area contributed by atoms with E-state index in [0.717, 1.165) is 0 Å². The summed E-state index contributed by atoms with van der Waals surface area (Å²) in [6.45, 7) is 0. The Morgan fingerprint density at radius 2 is 2.09 bits per heavy atom. The van der Waals surface area contributed by atoms with Gasteiger partial charge in [-0.05, 0) is 24.3 Å². The SMILES string of the molecule is COc1ccc(-c2ccc(C=Nn3cnnc3)o2)cc1[N+](=O)[O-]. The van der Waals surface area contributed by atoms with E-state index in [9.17, 15) is 10.1 Å². The van der Waals surface area contributed by atoms with E-state index in [1.54, 1.807) is 18.2 Å². The first-order valence-electron chi connectivity index (χ1n) is 6.49. The molecule has 0 saturated heterocycles. The number of hydrogen-bond donors (Lipinski definition) is 0. The summed E-state index contributed by atoms with van der Waals surface area (Å²) in [6, 6.07) is 8.03. The molecule has 1 aromatic carbocycles. The Labute approximate surface area is 130 Å². The Bertz CT molecular complexity index is 854. The van der Waals surface area contributed by atoms with E-state index in [4.69, 9.17) is 9.15 Å². The number of nitro groups is 1. The minimum Gasteiger partial charge on any atom is -0.490 e. The van der Waals surface area contributed by atoms with Gasteiger partial charge in [-0.3, -0.25) is 10.1 Å². The molecule has 0 N–H and O–H groups in total. The van der Waals surface area contributed by atoms with Gasteiger partial charge in [0.25, 0.3) is 0 Å². The summed E-state index contributed by atoms with van der Waals surface area (Å²) in [5.74, 6) is 1.17. The van der Waals surface area contributed by atoms with Crippen LogP contribution in [0.4, 0.5) is 5.69 Å². The van der Waals surface area contributed by atoms with Crippen molar-refractivity contribution in [2.75, 3.05) is 7.11 Å². The van der Waals surface area contributed by atoms with Gasteiger partial charge in [0.15, 0.2) is 5.75 Å². The molecule has 0 amide bonds. The Morgan fingerprint density at radius 1 is 1.30 bits per heavy atom. The fourth-order valence-electron chi connectivity index (χ4n) is 1.94. The van der Waals surface area contributed by atoms with E-state index >= 15 is 0 Å². The van der Waals surface area contributed by atoms with E-state index in [1.165, 1.54) is 42.8 Å². The molecule has 0 saturated carbocycles. The van der Waals surface area contributed by atoms with Crippen LogP contribution in [-0.4, -0.2) is 33.1 Å². The first-order valence-corrected chi connectivity index (χ1v) is 6.49. The van der Waals surface area contributed by atoms with E-state index in [1.807, 2.05) is 0 Å². The number of benzene rings is 1. The third kappa shape index (κ3) is 3.07. The maximum absolute atomic E-state index is 11.1. The van der Waals surface area contributed by atoms with Gasteiger partial charge in [-0.15, -0.1) is 10.2 Å². The van der Waals surface area contributed by atoms with Crippen LogP contribution in [0.3, 0.4) is 0 Å². The second kappa shape index (κ2) is 6.10. The van der Waals surface area contributed by atoms with E-state index in [-0.39, 0.29) is 11.4 Å². The lowest BCUT2D eigenvalue weighted by Crippen LogP contribution is -1.93. The molecular weight excluding hydrogens is 302 g/mol. The number of furan rings is 1. The number of ether oxygens (including phenoxy) is 1. The van der Waals surface area contributed by atoms with Crippen LogP contribution in [0, 0.1) is 10.1 Å². The monoisotopic (exact) mass is 313 g/mol. The van der Waals surface area contributed by atoms with E-state index in [0.29, 0.717) is 17.1 Å². The van der Waals surface area contributed by atoms with Gasteiger partial charge in [-0.1, -0.05) is 0 Å². The number of rotatable bonds is 5. The molecular formula is C14H11N5O4. The van der Waals surface area contributed by atoms with Crippen molar-refractivity contribution in [2.45, 2.75) is 0 Å². The Kier molecular flexibility index (Phi) is 3.83. The molecule has 0 spiro atoms. The lowest BCUT2D eigenvalue weighted by Gasteiger charge is -2.03. The van der Waals surface area contributed by atoms with Gasteiger partial charge in [0.05, 0.1) is 18.2 Å². The van der Waals surface area contributed by atoms with Crippen molar-refractivity contribution >= 4 is 11.9 Å². The summed E-state index contributed by atoms with van der Waals surface area (Å²) in [7, 11) is 1.38. The zero-order chi connectivity index (χ0) is 16.2. The number of aromatic nitrogens is 3. The molecule has 0 unspecified atom stereocenters. The zero-order valence-corrected chi connectivity index (χ0v) is 12.0. The number of nitro benzene ring substituents is 1. The molecule has 23 heavy (non-hydrogen) atoms. The minimum atomic E-state index is -0.500. The molecule has 0 aliphatic heterocycles. The lowest BCUT2D eigenvalue weighted by molar-refractivity contribution is -0.385. The molecule has 0 radical (unpaired) electrons. The molecule has 0 aliphatic rings. The van der Waals surface area contributed by atoms with Crippen LogP contribution >= 0.6 is 0 Å². The van der Waals surface area contributed by atoms with Gasteiger partial charge in [0.2, 0.25) is 0 Å². The van der Waals surface area contributed by atoms with Gasteiger partial charge in [-0.2, -0.15) is 5.10 Å². The Morgan fingerprint density at radius 3 is 2.78 bits per heavy atom. The standard InChI is InChI=1S/C14H11N5O4/c1-22-14-4-2-10(6-12(14)19(20)21)13-5-3-11(23-13)7-17-18-8-15-16-9-18/h2-9H,1H3. The Hall–Kier alpha value is -3.49. The third-order valence-electron chi connectivity index (χ3n) is 3.01. The van der Waals surface area contributed by atoms with Crippen LogP contribution in [0.25, 0.3) is 11.3 Å². The van der Waals surface area contributed by atoms with E-state index < -0.39 is 4.92 Å². The largest absolute Gasteiger partial charge is 0.490 e. The van der Waals surface area contributed by atoms with Crippen molar-refractivity contribution in [1.82, 2.24) is 14.9 Å². The highest BCUT2D eigenvalue weighted by Gasteiger charge is 2.17. The molecule has 3 aromatic rings. The van der Waals surface area contributed by atoms with Gasteiger partial charge in [-0.25, -0.2) is 4.68 Å². The predicted octanol–water partition coefficient (Wildman–Crippen LogP) is 2.34.